The van der Waals surface area contributed by atoms with Crippen molar-refractivity contribution in [3.05, 3.63) is 63.6 Å². The lowest BCUT2D eigenvalue weighted by Crippen LogP contribution is -2.49. The van der Waals surface area contributed by atoms with Crippen molar-refractivity contribution in [1.29, 1.82) is 0 Å². The van der Waals surface area contributed by atoms with E-state index >= 15 is 0 Å². The van der Waals surface area contributed by atoms with Crippen molar-refractivity contribution in [2.24, 2.45) is 7.05 Å². The second kappa shape index (κ2) is 5.54. The number of esters is 1. The minimum absolute atomic E-state index is 0.205. The minimum atomic E-state index is -0.789. The van der Waals surface area contributed by atoms with Gasteiger partial charge in [0.25, 0.3) is 11.5 Å². The van der Waals surface area contributed by atoms with Gasteiger partial charge in [-0.2, -0.15) is 5.10 Å². The Labute approximate surface area is 143 Å². The van der Waals surface area contributed by atoms with Crippen LogP contribution in [0.3, 0.4) is 0 Å². The summed E-state index contributed by atoms with van der Waals surface area (Å²) in [7, 11) is 1.51. The molecule has 1 fully saturated rings. The lowest BCUT2D eigenvalue weighted by molar-refractivity contribution is -0.0443. The third kappa shape index (κ3) is 2.43. The van der Waals surface area contributed by atoms with E-state index < -0.39 is 5.60 Å². The van der Waals surface area contributed by atoms with Gasteiger partial charge < -0.3 is 9.64 Å². The zero-order valence-electron chi connectivity index (χ0n) is 13.8. The molecule has 0 N–H and O–H groups in total. The number of carbonyl (C=O) groups excluding carboxylic acids is 2. The third-order valence-corrected chi connectivity index (χ3v) is 4.85. The molecule has 1 saturated heterocycles. The van der Waals surface area contributed by atoms with Crippen LogP contribution < -0.4 is 5.56 Å². The van der Waals surface area contributed by atoms with Gasteiger partial charge in [0.1, 0.15) is 5.69 Å². The zero-order valence-corrected chi connectivity index (χ0v) is 13.8. The van der Waals surface area contributed by atoms with E-state index in [1.807, 2.05) is 12.1 Å². The fourth-order valence-corrected chi connectivity index (χ4v) is 3.62. The highest BCUT2D eigenvalue weighted by Crippen LogP contribution is 2.42. The van der Waals surface area contributed by atoms with Crippen LogP contribution >= 0.6 is 0 Å². The number of rotatable bonds is 1. The Bertz CT molecular complexity index is 936. The number of carbonyl (C=O) groups is 2. The van der Waals surface area contributed by atoms with Gasteiger partial charge in [0, 0.05) is 25.2 Å². The Morgan fingerprint density at radius 1 is 1.20 bits per heavy atom. The lowest BCUT2D eigenvalue weighted by atomic mass is 9.85. The van der Waals surface area contributed by atoms with Gasteiger partial charge in [-0.1, -0.05) is 18.2 Å². The van der Waals surface area contributed by atoms with Crippen LogP contribution in [0.2, 0.25) is 0 Å². The molecule has 2 aliphatic rings. The lowest BCUT2D eigenvalue weighted by Gasteiger charge is -2.39. The number of amides is 1. The highest BCUT2D eigenvalue weighted by molar-refractivity contribution is 5.95. The summed E-state index contributed by atoms with van der Waals surface area (Å²) in [5, 5.41) is 4.03. The van der Waals surface area contributed by atoms with Gasteiger partial charge in [-0.05, 0) is 25.0 Å². The topological polar surface area (TPSA) is 81.5 Å². The van der Waals surface area contributed by atoms with Gasteiger partial charge in [0.15, 0.2) is 5.60 Å². The van der Waals surface area contributed by atoms with Gasteiger partial charge in [-0.15, -0.1) is 0 Å². The average molecular weight is 339 g/mol. The van der Waals surface area contributed by atoms with E-state index in [0.29, 0.717) is 25.1 Å². The number of piperidine rings is 1. The number of hydrogen-bond donors (Lipinski definition) is 0. The molecule has 4 rings (SSSR count). The Morgan fingerprint density at radius 3 is 2.80 bits per heavy atom. The van der Waals surface area contributed by atoms with Crippen molar-refractivity contribution in [3.63, 3.8) is 0 Å². The highest BCUT2D eigenvalue weighted by Gasteiger charge is 2.48. The summed E-state index contributed by atoms with van der Waals surface area (Å²) in [6, 6.07) is 10.1. The predicted octanol–water partition coefficient (Wildman–Crippen LogP) is 1.08. The Morgan fingerprint density at radius 2 is 2.00 bits per heavy atom. The monoisotopic (exact) mass is 339 g/mol. The van der Waals surface area contributed by atoms with Crippen LogP contribution in [0, 0.1) is 0 Å². The van der Waals surface area contributed by atoms with E-state index in [4.69, 9.17) is 4.74 Å². The predicted molar refractivity (Wildman–Crippen MR) is 88.2 cm³/mol. The Kier molecular flexibility index (Phi) is 3.45. The summed E-state index contributed by atoms with van der Waals surface area (Å²) in [5.41, 5.74) is 0.549. The summed E-state index contributed by atoms with van der Waals surface area (Å²) in [4.78, 5) is 38.1. The fourth-order valence-electron chi connectivity index (χ4n) is 3.62. The molecule has 0 radical (unpaired) electrons. The first-order chi connectivity index (χ1) is 12.0. The van der Waals surface area contributed by atoms with Crippen LogP contribution in [-0.2, 0) is 17.4 Å². The van der Waals surface area contributed by atoms with Crippen LogP contribution in [0.15, 0.2) is 41.2 Å². The van der Waals surface area contributed by atoms with Gasteiger partial charge >= 0.3 is 5.97 Å². The number of likely N-dealkylation sites (tertiary alicyclic amines) is 1. The van der Waals surface area contributed by atoms with E-state index in [1.165, 1.54) is 19.2 Å². The summed E-state index contributed by atoms with van der Waals surface area (Å²) >= 11 is 0. The van der Waals surface area contributed by atoms with Crippen LogP contribution in [0.5, 0.6) is 0 Å². The van der Waals surface area contributed by atoms with Crippen LogP contribution in [0.1, 0.15) is 39.3 Å². The van der Waals surface area contributed by atoms with Crippen molar-refractivity contribution in [2.45, 2.75) is 18.4 Å². The second-order valence-corrected chi connectivity index (χ2v) is 6.44. The van der Waals surface area contributed by atoms with Crippen LogP contribution in [-0.4, -0.2) is 39.6 Å². The normalized spacial score (nSPS) is 22.0. The van der Waals surface area contributed by atoms with Gasteiger partial charge in [0.05, 0.1) is 12.1 Å². The minimum Gasteiger partial charge on any atom is -0.449 e. The van der Waals surface area contributed by atoms with Crippen LogP contribution in [0.25, 0.3) is 0 Å². The molecule has 0 aliphatic carbocycles. The molecule has 128 valence electrons. The van der Waals surface area contributed by atoms with Gasteiger partial charge in [-0.3, -0.25) is 9.59 Å². The number of nitrogens with zero attached hydrogens (tertiary/aromatic N) is 3. The summed E-state index contributed by atoms with van der Waals surface area (Å²) in [6.07, 6.45) is 1.40. The second-order valence-electron chi connectivity index (χ2n) is 6.44. The number of ether oxygens (including phenoxy) is 1. The molecule has 1 amide bonds. The molecule has 1 atom stereocenters. The quantitative estimate of drug-likeness (QED) is 0.726. The van der Waals surface area contributed by atoms with Crippen molar-refractivity contribution < 1.29 is 14.3 Å². The highest BCUT2D eigenvalue weighted by atomic mass is 16.6. The molecule has 25 heavy (non-hydrogen) atoms. The van der Waals surface area contributed by atoms with Crippen molar-refractivity contribution >= 4 is 11.9 Å². The average Bonchev–Trinajstić information content (AvgIpc) is 2.89. The van der Waals surface area contributed by atoms with E-state index in [-0.39, 0.29) is 23.1 Å². The smallest absolute Gasteiger partial charge is 0.339 e. The largest absolute Gasteiger partial charge is 0.449 e. The zero-order chi connectivity index (χ0) is 17.6. The number of hydrogen-bond acceptors (Lipinski definition) is 5. The molecular formula is C18H17N3O4. The molecule has 2 aromatic rings. The van der Waals surface area contributed by atoms with Gasteiger partial charge in [0.2, 0.25) is 0 Å². The molecule has 7 nitrogen and oxygen atoms in total. The molecule has 1 aromatic heterocycles. The summed E-state index contributed by atoms with van der Waals surface area (Å²) in [5.74, 6) is -0.611. The fraction of sp³-hybridized carbons (Fsp3) is 0.333. The molecule has 0 saturated carbocycles. The van der Waals surface area contributed by atoms with Crippen LogP contribution in [0.4, 0.5) is 0 Å². The van der Waals surface area contributed by atoms with Crippen molar-refractivity contribution in [1.82, 2.24) is 14.7 Å². The summed E-state index contributed by atoms with van der Waals surface area (Å²) < 4.78 is 6.85. The SMILES string of the molecule is Cn1nc(C(=O)N2CCCC3(C2)OC(=O)c2ccccc23)ccc1=O. The van der Waals surface area contributed by atoms with Crippen molar-refractivity contribution in [2.75, 3.05) is 13.1 Å². The first kappa shape index (κ1) is 15.6. The maximum Gasteiger partial charge on any atom is 0.339 e. The molecule has 1 unspecified atom stereocenters. The Hall–Kier alpha value is -2.96. The standard InChI is InChI=1S/C18H17N3O4/c1-20-15(22)8-7-14(19-20)16(23)21-10-4-9-18(11-21)13-6-3-2-5-12(13)17(24)25-18/h2-3,5-8H,4,9-11H2,1H3. The molecular weight excluding hydrogens is 322 g/mol. The summed E-state index contributed by atoms with van der Waals surface area (Å²) in [6.45, 7) is 0.851. The molecule has 2 aliphatic heterocycles. The number of fused-ring (bicyclic) bond motifs is 2. The molecule has 1 spiro atoms. The molecule has 7 heteroatoms. The molecule has 0 bridgehead atoms. The number of aryl methyl sites for hydroxylation is 1. The number of aromatic nitrogens is 2. The Balaban J connectivity index is 1.66. The van der Waals surface area contributed by atoms with Gasteiger partial charge in [-0.25, -0.2) is 9.48 Å². The maximum atomic E-state index is 12.8. The third-order valence-electron chi connectivity index (χ3n) is 4.85. The first-order valence-corrected chi connectivity index (χ1v) is 8.17. The first-order valence-electron chi connectivity index (χ1n) is 8.17. The van der Waals surface area contributed by atoms with E-state index in [1.54, 1.807) is 17.0 Å². The van der Waals surface area contributed by atoms with Crippen molar-refractivity contribution in [3.8, 4) is 0 Å². The van der Waals surface area contributed by atoms with E-state index in [0.717, 1.165) is 16.7 Å². The van der Waals surface area contributed by atoms with E-state index in [2.05, 4.69) is 5.10 Å². The molecule has 3 heterocycles. The number of benzene rings is 1. The molecule has 1 aromatic carbocycles. The maximum absolute atomic E-state index is 12.8. The van der Waals surface area contributed by atoms with E-state index in [9.17, 15) is 14.4 Å².